The van der Waals surface area contributed by atoms with E-state index in [1.54, 1.807) is 18.3 Å². The van der Waals surface area contributed by atoms with Crippen molar-refractivity contribution in [3.8, 4) is 0 Å². The van der Waals surface area contributed by atoms with E-state index in [0.29, 0.717) is 6.54 Å². The number of amides is 1. The van der Waals surface area contributed by atoms with Gasteiger partial charge in [0.05, 0.1) is 9.83 Å². The molecule has 1 aromatic heterocycles. The third kappa shape index (κ3) is 3.46. The Bertz CT molecular complexity index is 300. The fraction of sp³-hybridized carbons (Fsp3) is 0.375. The molecule has 1 amide bonds. The van der Waals surface area contributed by atoms with Crippen LogP contribution in [-0.2, 0) is 11.3 Å². The lowest BCUT2D eigenvalue weighted by molar-refractivity contribution is -0.119. The number of nitrogens with one attached hydrogen (secondary N) is 1. The number of primary amides is 1. The van der Waals surface area contributed by atoms with Gasteiger partial charge in [-0.2, -0.15) is 0 Å². The number of carbonyl (C=O) groups is 1. The SMILES string of the molecule is CC(NCc1ccc(Br)s1)C(N)=O. The molecule has 0 saturated heterocycles. The zero-order chi connectivity index (χ0) is 9.84. The molecule has 1 rings (SSSR count). The first-order chi connectivity index (χ1) is 6.09. The van der Waals surface area contributed by atoms with Crippen molar-refractivity contribution in [1.29, 1.82) is 0 Å². The van der Waals surface area contributed by atoms with Crippen LogP contribution in [0.25, 0.3) is 0 Å². The molecular formula is C8H11BrN2OS. The molecule has 3 N–H and O–H groups in total. The first-order valence-electron chi connectivity index (χ1n) is 3.86. The molecule has 0 bridgehead atoms. The monoisotopic (exact) mass is 262 g/mol. The largest absolute Gasteiger partial charge is 0.368 e. The number of hydrogen-bond donors (Lipinski definition) is 2. The van der Waals surface area contributed by atoms with E-state index < -0.39 is 0 Å². The molecule has 0 aliphatic rings. The van der Waals surface area contributed by atoms with Gasteiger partial charge in [-0.05, 0) is 35.0 Å². The van der Waals surface area contributed by atoms with Gasteiger partial charge >= 0.3 is 0 Å². The van der Waals surface area contributed by atoms with Crippen molar-refractivity contribution in [3.05, 3.63) is 20.8 Å². The van der Waals surface area contributed by atoms with Gasteiger partial charge in [0.15, 0.2) is 0 Å². The minimum atomic E-state index is -0.323. The highest BCUT2D eigenvalue weighted by molar-refractivity contribution is 9.11. The highest BCUT2D eigenvalue weighted by Gasteiger charge is 2.07. The standard InChI is InChI=1S/C8H11BrN2OS/c1-5(8(10)12)11-4-6-2-3-7(9)13-6/h2-3,5,11H,4H2,1H3,(H2,10,12). The lowest BCUT2D eigenvalue weighted by Gasteiger charge is -2.07. The summed E-state index contributed by atoms with van der Waals surface area (Å²) in [5.74, 6) is -0.323. The fourth-order valence-corrected chi connectivity index (χ4v) is 2.24. The molecule has 1 heterocycles. The van der Waals surface area contributed by atoms with E-state index in [2.05, 4.69) is 21.2 Å². The average molecular weight is 263 g/mol. The summed E-state index contributed by atoms with van der Waals surface area (Å²) in [7, 11) is 0. The maximum absolute atomic E-state index is 10.7. The molecule has 5 heteroatoms. The summed E-state index contributed by atoms with van der Waals surface area (Å²) in [4.78, 5) is 11.9. The summed E-state index contributed by atoms with van der Waals surface area (Å²) in [5.41, 5.74) is 5.10. The van der Waals surface area contributed by atoms with Crippen molar-refractivity contribution in [2.75, 3.05) is 0 Å². The van der Waals surface area contributed by atoms with Crippen molar-refractivity contribution in [2.45, 2.75) is 19.5 Å². The smallest absolute Gasteiger partial charge is 0.234 e. The number of carbonyl (C=O) groups excluding carboxylic acids is 1. The molecule has 0 spiro atoms. The average Bonchev–Trinajstić information content (AvgIpc) is 2.47. The lowest BCUT2D eigenvalue weighted by atomic mass is 10.3. The van der Waals surface area contributed by atoms with Crippen LogP contribution >= 0.6 is 27.3 Å². The van der Waals surface area contributed by atoms with E-state index in [0.717, 1.165) is 3.79 Å². The second-order valence-corrected chi connectivity index (χ2v) is 5.26. The molecular weight excluding hydrogens is 252 g/mol. The number of halogens is 1. The Morgan fingerprint density at radius 2 is 2.46 bits per heavy atom. The third-order valence-corrected chi connectivity index (χ3v) is 3.26. The van der Waals surface area contributed by atoms with Gasteiger partial charge in [0.2, 0.25) is 5.91 Å². The summed E-state index contributed by atoms with van der Waals surface area (Å²) in [6, 6.07) is 3.72. The number of hydrogen-bond acceptors (Lipinski definition) is 3. The van der Waals surface area contributed by atoms with E-state index in [1.807, 2.05) is 12.1 Å². The third-order valence-electron chi connectivity index (χ3n) is 1.64. The van der Waals surface area contributed by atoms with E-state index in [4.69, 9.17) is 5.73 Å². The molecule has 0 radical (unpaired) electrons. The van der Waals surface area contributed by atoms with Gasteiger partial charge in [-0.15, -0.1) is 11.3 Å². The topological polar surface area (TPSA) is 55.1 Å². The van der Waals surface area contributed by atoms with Crippen molar-refractivity contribution < 1.29 is 4.79 Å². The summed E-state index contributed by atoms with van der Waals surface area (Å²) in [5, 5.41) is 3.03. The summed E-state index contributed by atoms with van der Waals surface area (Å²) >= 11 is 5.01. The van der Waals surface area contributed by atoms with Crippen LogP contribution in [0.2, 0.25) is 0 Å². The first-order valence-corrected chi connectivity index (χ1v) is 5.47. The first kappa shape index (κ1) is 10.7. The molecule has 0 aliphatic carbocycles. The van der Waals surface area contributed by atoms with E-state index in [9.17, 15) is 4.79 Å². The minimum Gasteiger partial charge on any atom is -0.368 e. The van der Waals surface area contributed by atoms with Crippen LogP contribution in [0.15, 0.2) is 15.9 Å². The number of thiophene rings is 1. The van der Waals surface area contributed by atoms with Crippen LogP contribution in [0, 0.1) is 0 Å². The Balaban J connectivity index is 2.39. The van der Waals surface area contributed by atoms with Gasteiger partial charge in [0.1, 0.15) is 0 Å². The van der Waals surface area contributed by atoms with Crippen molar-refractivity contribution >= 4 is 33.2 Å². The van der Waals surface area contributed by atoms with Gasteiger partial charge < -0.3 is 11.1 Å². The second kappa shape index (κ2) is 4.74. The quantitative estimate of drug-likeness (QED) is 0.864. The zero-order valence-electron chi connectivity index (χ0n) is 7.21. The van der Waals surface area contributed by atoms with Gasteiger partial charge in [-0.3, -0.25) is 4.79 Å². The predicted octanol–water partition coefficient (Wildman–Crippen LogP) is 1.47. The predicted molar refractivity (Wildman–Crippen MR) is 57.5 cm³/mol. The summed E-state index contributed by atoms with van der Waals surface area (Å²) in [6.45, 7) is 2.44. The molecule has 0 aliphatic heterocycles. The maximum Gasteiger partial charge on any atom is 0.234 e. The van der Waals surface area contributed by atoms with Crippen LogP contribution < -0.4 is 11.1 Å². The molecule has 0 saturated carbocycles. The molecule has 0 fully saturated rings. The van der Waals surface area contributed by atoms with E-state index in [-0.39, 0.29) is 11.9 Å². The molecule has 3 nitrogen and oxygen atoms in total. The van der Waals surface area contributed by atoms with Crippen LogP contribution in [0.1, 0.15) is 11.8 Å². The highest BCUT2D eigenvalue weighted by atomic mass is 79.9. The summed E-state index contributed by atoms with van der Waals surface area (Å²) in [6.07, 6.45) is 0. The lowest BCUT2D eigenvalue weighted by Crippen LogP contribution is -2.38. The Morgan fingerprint density at radius 1 is 1.77 bits per heavy atom. The Kier molecular flexibility index (Phi) is 3.90. The Labute approximate surface area is 89.5 Å². The molecule has 72 valence electrons. The molecule has 1 atom stereocenters. The normalized spacial score (nSPS) is 12.8. The van der Waals surface area contributed by atoms with Gasteiger partial charge in [0.25, 0.3) is 0 Å². The summed E-state index contributed by atoms with van der Waals surface area (Å²) < 4.78 is 1.09. The van der Waals surface area contributed by atoms with Crippen LogP contribution in [0.4, 0.5) is 0 Å². The van der Waals surface area contributed by atoms with Gasteiger partial charge in [-0.25, -0.2) is 0 Å². The Morgan fingerprint density at radius 3 is 2.92 bits per heavy atom. The maximum atomic E-state index is 10.7. The molecule has 13 heavy (non-hydrogen) atoms. The fourth-order valence-electron chi connectivity index (χ4n) is 0.801. The van der Waals surface area contributed by atoms with Crippen LogP contribution in [0.3, 0.4) is 0 Å². The van der Waals surface area contributed by atoms with Crippen LogP contribution in [-0.4, -0.2) is 11.9 Å². The van der Waals surface area contributed by atoms with Crippen molar-refractivity contribution in [2.24, 2.45) is 5.73 Å². The van der Waals surface area contributed by atoms with Gasteiger partial charge in [0, 0.05) is 11.4 Å². The second-order valence-electron chi connectivity index (χ2n) is 2.71. The van der Waals surface area contributed by atoms with Crippen LogP contribution in [0.5, 0.6) is 0 Å². The molecule has 0 aromatic carbocycles. The Hall–Kier alpha value is -0.390. The van der Waals surface area contributed by atoms with Gasteiger partial charge in [-0.1, -0.05) is 0 Å². The van der Waals surface area contributed by atoms with E-state index in [1.165, 1.54) is 4.88 Å². The van der Waals surface area contributed by atoms with Crippen molar-refractivity contribution in [1.82, 2.24) is 5.32 Å². The zero-order valence-corrected chi connectivity index (χ0v) is 9.61. The molecule has 1 aromatic rings. The number of nitrogens with two attached hydrogens (primary N) is 1. The minimum absolute atomic E-state index is 0.277. The number of rotatable bonds is 4. The van der Waals surface area contributed by atoms with E-state index >= 15 is 0 Å². The highest BCUT2D eigenvalue weighted by Crippen LogP contribution is 2.21. The molecule has 1 unspecified atom stereocenters. The van der Waals surface area contributed by atoms with Crippen molar-refractivity contribution in [3.63, 3.8) is 0 Å².